The molecule has 0 saturated carbocycles. The summed E-state index contributed by atoms with van der Waals surface area (Å²) >= 11 is 0. The molecule has 1 aromatic rings. The summed E-state index contributed by atoms with van der Waals surface area (Å²) in [6, 6.07) is 1.31. The van der Waals surface area contributed by atoms with Gasteiger partial charge in [0.15, 0.2) is 5.82 Å². The second-order valence-corrected chi connectivity index (χ2v) is 3.73. The van der Waals surface area contributed by atoms with Crippen molar-refractivity contribution in [2.45, 2.75) is 18.9 Å². The molecule has 5 heteroatoms. The van der Waals surface area contributed by atoms with Crippen LogP contribution in [0, 0.1) is 5.82 Å². The molecular formula is C11H15FN2O2. The number of halogens is 1. The van der Waals surface area contributed by atoms with E-state index in [4.69, 9.17) is 9.47 Å². The molecular weight excluding hydrogens is 211 g/mol. The van der Waals surface area contributed by atoms with Crippen molar-refractivity contribution in [1.82, 2.24) is 10.3 Å². The zero-order valence-electron chi connectivity index (χ0n) is 9.20. The Morgan fingerprint density at radius 1 is 1.44 bits per heavy atom. The summed E-state index contributed by atoms with van der Waals surface area (Å²) in [6.45, 7) is 1.88. The van der Waals surface area contributed by atoms with E-state index in [1.165, 1.54) is 19.4 Å². The molecule has 1 saturated heterocycles. The van der Waals surface area contributed by atoms with Crippen LogP contribution in [0.1, 0.15) is 12.8 Å². The standard InChI is InChI=1S/C11H15FN2O2/c1-15-11-10(12)6-9(7-14-11)16-8-2-4-13-5-3-8/h6-8,13H,2-5H2,1H3. The third-order valence-electron chi connectivity index (χ3n) is 2.56. The number of nitrogens with zero attached hydrogens (tertiary/aromatic N) is 1. The van der Waals surface area contributed by atoms with Gasteiger partial charge in [-0.2, -0.15) is 0 Å². The first-order valence-electron chi connectivity index (χ1n) is 5.36. The van der Waals surface area contributed by atoms with Gasteiger partial charge in [0.05, 0.1) is 13.3 Å². The van der Waals surface area contributed by atoms with E-state index in [0.29, 0.717) is 5.75 Å². The van der Waals surface area contributed by atoms with Gasteiger partial charge in [0.2, 0.25) is 5.88 Å². The first-order chi connectivity index (χ1) is 7.79. The minimum absolute atomic E-state index is 0.00217. The van der Waals surface area contributed by atoms with Crippen LogP contribution in [0.2, 0.25) is 0 Å². The Bertz CT molecular complexity index is 354. The maximum Gasteiger partial charge on any atom is 0.250 e. The highest BCUT2D eigenvalue weighted by atomic mass is 19.1. The average molecular weight is 226 g/mol. The van der Waals surface area contributed by atoms with Crippen LogP contribution in [-0.4, -0.2) is 31.3 Å². The van der Waals surface area contributed by atoms with Gasteiger partial charge in [0, 0.05) is 6.07 Å². The monoisotopic (exact) mass is 226 g/mol. The lowest BCUT2D eigenvalue weighted by molar-refractivity contribution is 0.161. The van der Waals surface area contributed by atoms with E-state index in [1.54, 1.807) is 0 Å². The molecule has 0 bridgehead atoms. The fraction of sp³-hybridized carbons (Fsp3) is 0.545. The van der Waals surface area contributed by atoms with Crippen LogP contribution in [0.3, 0.4) is 0 Å². The van der Waals surface area contributed by atoms with Crippen LogP contribution in [0.5, 0.6) is 11.6 Å². The molecule has 1 aliphatic rings. The van der Waals surface area contributed by atoms with Gasteiger partial charge in [0.1, 0.15) is 11.9 Å². The molecule has 0 aromatic carbocycles. The molecule has 1 N–H and O–H groups in total. The summed E-state index contributed by atoms with van der Waals surface area (Å²) in [7, 11) is 1.39. The lowest BCUT2D eigenvalue weighted by Gasteiger charge is -2.23. The Labute approximate surface area is 93.8 Å². The van der Waals surface area contributed by atoms with Crippen LogP contribution in [-0.2, 0) is 0 Å². The van der Waals surface area contributed by atoms with E-state index in [0.717, 1.165) is 25.9 Å². The maximum absolute atomic E-state index is 13.3. The number of rotatable bonds is 3. The molecule has 16 heavy (non-hydrogen) atoms. The van der Waals surface area contributed by atoms with Gasteiger partial charge in [-0.1, -0.05) is 0 Å². The number of nitrogens with one attached hydrogen (secondary N) is 1. The first-order valence-corrected chi connectivity index (χ1v) is 5.36. The Hall–Kier alpha value is -1.36. The molecule has 0 spiro atoms. The Morgan fingerprint density at radius 2 is 2.19 bits per heavy atom. The second-order valence-electron chi connectivity index (χ2n) is 3.73. The Kier molecular flexibility index (Phi) is 3.56. The van der Waals surface area contributed by atoms with Gasteiger partial charge < -0.3 is 14.8 Å². The predicted molar refractivity (Wildman–Crippen MR) is 57.3 cm³/mol. The van der Waals surface area contributed by atoms with E-state index in [-0.39, 0.29) is 12.0 Å². The minimum Gasteiger partial charge on any atom is -0.489 e. The van der Waals surface area contributed by atoms with Crippen molar-refractivity contribution in [3.05, 3.63) is 18.1 Å². The lowest BCUT2D eigenvalue weighted by atomic mass is 10.1. The molecule has 0 amide bonds. The van der Waals surface area contributed by atoms with Crippen LogP contribution >= 0.6 is 0 Å². The largest absolute Gasteiger partial charge is 0.489 e. The van der Waals surface area contributed by atoms with Crippen molar-refractivity contribution in [3.63, 3.8) is 0 Å². The SMILES string of the molecule is COc1ncc(OC2CCNCC2)cc1F. The summed E-state index contributed by atoms with van der Waals surface area (Å²) in [6.07, 6.45) is 3.52. The van der Waals surface area contributed by atoms with Gasteiger partial charge in [-0.25, -0.2) is 9.37 Å². The average Bonchev–Trinajstić information content (AvgIpc) is 2.31. The van der Waals surface area contributed by atoms with E-state index in [2.05, 4.69) is 10.3 Å². The van der Waals surface area contributed by atoms with Crippen molar-refractivity contribution >= 4 is 0 Å². The maximum atomic E-state index is 13.3. The number of pyridine rings is 1. The molecule has 1 aromatic heterocycles. The Balaban J connectivity index is 2.01. The fourth-order valence-electron chi connectivity index (χ4n) is 1.73. The fourth-order valence-corrected chi connectivity index (χ4v) is 1.73. The van der Waals surface area contributed by atoms with Crippen molar-refractivity contribution in [3.8, 4) is 11.6 Å². The summed E-state index contributed by atoms with van der Waals surface area (Å²) in [5.41, 5.74) is 0. The van der Waals surface area contributed by atoms with Crippen molar-refractivity contribution in [1.29, 1.82) is 0 Å². The zero-order valence-corrected chi connectivity index (χ0v) is 9.20. The molecule has 88 valence electrons. The molecule has 0 radical (unpaired) electrons. The van der Waals surface area contributed by atoms with Crippen LogP contribution in [0.15, 0.2) is 12.3 Å². The normalized spacial score (nSPS) is 17.1. The highest BCUT2D eigenvalue weighted by Crippen LogP contribution is 2.21. The van der Waals surface area contributed by atoms with Crippen LogP contribution < -0.4 is 14.8 Å². The van der Waals surface area contributed by atoms with E-state index in [9.17, 15) is 4.39 Å². The molecule has 1 fully saturated rings. The number of aromatic nitrogens is 1. The quantitative estimate of drug-likeness (QED) is 0.845. The van der Waals surface area contributed by atoms with Crippen LogP contribution in [0.25, 0.3) is 0 Å². The summed E-state index contributed by atoms with van der Waals surface area (Å²) in [5.74, 6) is -0.0307. The molecule has 0 unspecified atom stereocenters. The third kappa shape index (κ3) is 2.61. The predicted octanol–water partition coefficient (Wildman–Crippen LogP) is 1.36. The molecule has 0 atom stereocenters. The van der Waals surface area contributed by atoms with E-state index < -0.39 is 5.82 Å². The number of piperidine rings is 1. The highest BCUT2D eigenvalue weighted by molar-refractivity contribution is 5.25. The number of ether oxygens (including phenoxy) is 2. The van der Waals surface area contributed by atoms with Gasteiger partial charge >= 0.3 is 0 Å². The topological polar surface area (TPSA) is 43.4 Å². The number of hydrogen-bond donors (Lipinski definition) is 1. The zero-order chi connectivity index (χ0) is 11.4. The second kappa shape index (κ2) is 5.12. The van der Waals surface area contributed by atoms with E-state index in [1.807, 2.05) is 0 Å². The van der Waals surface area contributed by atoms with Crippen LogP contribution in [0.4, 0.5) is 4.39 Å². The molecule has 0 aliphatic carbocycles. The van der Waals surface area contributed by atoms with Gasteiger partial charge in [0.25, 0.3) is 0 Å². The first kappa shape index (κ1) is 11.1. The smallest absolute Gasteiger partial charge is 0.250 e. The summed E-state index contributed by atoms with van der Waals surface area (Å²) in [5, 5.41) is 3.24. The molecule has 1 aliphatic heterocycles. The lowest BCUT2D eigenvalue weighted by Crippen LogP contribution is -2.34. The minimum atomic E-state index is -0.492. The highest BCUT2D eigenvalue weighted by Gasteiger charge is 2.15. The summed E-state index contributed by atoms with van der Waals surface area (Å²) in [4.78, 5) is 3.82. The van der Waals surface area contributed by atoms with Gasteiger partial charge in [-0.15, -0.1) is 0 Å². The molecule has 2 rings (SSSR count). The number of methoxy groups -OCH3 is 1. The number of hydrogen-bond acceptors (Lipinski definition) is 4. The van der Waals surface area contributed by atoms with Crippen molar-refractivity contribution in [2.24, 2.45) is 0 Å². The van der Waals surface area contributed by atoms with Gasteiger partial charge in [-0.3, -0.25) is 0 Å². The van der Waals surface area contributed by atoms with Crippen molar-refractivity contribution in [2.75, 3.05) is 20.2 Å². The third-order valence-corrected chi connectivity index (χ3v) is 2.56. The van der Waals surface area contributed by atoms with E-state index >= 15 is 0 Å². The summed E-state index contributed by atoms with van der Waals surface area (Å²) < 4.78 is 23.7. The van der Waals surface area contributed by atoms with Crippen molar-refractivity contribution < 1.29 is 13.9 Å². The Morgan fingerprint density at radius 3 is 2.81 bits per heavy atom. The molecule has 2 heterocycles. The molecule has 4 nitrogen and oxygen atoms in total. The van der Waals surface area contributed by atoms with Gasteiger partial charge in [-0.05, 0) is 25.9 Å².